The fourth-order valence-corrected chi connectivity index (χ4v) is 17.1. The number of hydrogen-bond donors (Lipinski definition) is 0. The van der Waals surface area contributed by atoms with E-state index in [-0.39, 0.29) is 83.5 Å². The molecular weight excluding hydrogens is 1230 g/mol. The fraction of sp³-hybridized carbons (Fsp3) is 0.189. The summed E-state index contributed by atoms with van der Waals surface area (Å²) in [5.74, 6) is 0.876. The van der Waals surface area contributed by atoms with Crippen LogP contribution in [0.2, 0.25) is 0 Å². The van der Waals surface area contributed by atoms with E-state index < -0.39 is 24.8 Å². The van der Waals surface area contributed by atoms with Crippen molar-refractivity contribution in [2.45, 2.75) is 111 Å². The third kappa shape index (κ3) is 9.13. The van der Waals surface area contributed by atoms with Crippen LogP contribution in [0.1, 0.15) is 132 Å². The van der Waals surface area contributed by atoms with E-state index in [4.69, 9.17) is 9.47 Å². The topological polar surface area (TPSA) is 51.7 Å². The zero-order chi connectivity index (χ0) is 76.0. The van der Waals surface area contributed by atoms with Crippen molar-refractivity contribution >= 4 is 161 Å². The normalized spacial score (nSPS) is 15.6. The Balaban J connectivity index is 0.986. The van der Waals surface area contributed by atoms with Crippen LogP contribution >= 0.6 is 0 Å². The number of anilines is 15. The van der Waals surface area contributed by atoms with E-state index in [9.17, 15) is 11.0 Å². The van der Waals surface area contributed by atoms with E-state index in [1.54, 1.807) is 36.4 Å². The van der Waals surface area contributed by atoms with Gasteiger partial charge in [-0.15, -0.1) is 0 Å². The Bertz CT molecular complexity index is 5980. The molecule has 7 heterocycles. The molecule has 0 saturated heterocycles. The number of carbonyl (C=O) groups is 1. The van der Waals surface area contributed by atoms with Crippen LogP contribution in [0.15, 0.2) is 242 Å². The molecule has 8 nitrogen and oxygen atoms in total. The first-order chi connectivity index (χ1) is 51.7. The minimum absolute atomic E-state index is 0.00679. The van der Waals surface area contributed by atoms with Crippen LogP contribution in [0.25, 0.3) is 0 Å². The molecule has 490 valence electrons. The number of hydrogen-bond acceptors (Lipinski definition) is 8. The first kappa shape index (κ1) is 53.1. The van der Waals surface area contributed by atoms with Gasteiger partial charge < -0.3 is 34.0 Å². The Morgan fingerprint density at radius 3 is 1.11 bits per heavy atom. The molecule has 19 rings (SSSR count). The maximum Gasteiger partial charge on any atom is 0.338 e. The van der Waals surface area contributed by atoms with E-state index in [0.717, 1.165) is 134 Å². The van der Waals surface area contributed by atoms with Crippen molar-refractivity contribution < 1.29 is 25.2 Å². The summed E-state index contributed by atoms with van der Waals surface area (Å²) in [4.78, 5) is 26.6. The molecule has 0 aromatic heterocycles. The summed E-state index contributed by atoms with van der Waals surface area (Å²) in [7, 11) is 0. The highest BCUT2D eigenvalue weighted by Crippen LogP contribution is 2.58. The molecule has 0 amide bonds. The van der Waals surface area contributed by atoms with Crippen LogP contribution in [0.4, 0.5) is 85.3 Å². The highest BCUT2D eigenvalue weighted by atomic mass is 16.5. The highest BCUT2D eigenvalue weighted by Gasteiger charge is 2.56. The van der Waals surface area contributed by atoms with Crippen molar-refractivity contribution in [2.75, 3.05) is 24.5 Å². The lowest BCUT2D eigenvalue weighted by Crippen LogP contribution is -2.70. The fourth-order valence-electron chi connectivity index (χ4n) is 17.1. The summed E-state index contributed by atoms with van der Waals surface area (Å²) in [6.07, 6.45) is 0. The Labute approximate surface area is 605 Å². The average molecular weight is 1320 g/mol. The molecule has 7 aliphatic rings. The van der Waals surface area contributed by atoms with Crippen LogP contribution in [0, 0.1) is 0 Å². The largest absolute Gasteiger partial charge is 0.457 e. The summed E-state index contributed by atoms with van der Waals surface area (Å²) in [5.41, 5.74) is 24.0. The van der Waals surface area contributed by atoms with Crippen LogP contribution in [0.3, 0.4) is 0 Å². The standard InChI is InChI=1S/C90H78B3N5O3/c1-87(2,3)56-38-40-70-64(44-56)91-66-50-67-73(51-72(66)96(62-34-24-16-25-35-62)75-43-55(86(99)100-53-54-28-18-13-19-29-54)42-74(80(75)91)94(70)60-30-20-14-21-31-60)97(63-36-26-17-27-37-63)77-52-76-81-85-82(77)93(67)69-47-59(90(10,11)12)49-79-84(69)98(85)83-68(46-58(89(7,8)9)48-78(83)101-79)92(81)65-45-57(88(4,5)6)39-41-71(65)95(76)61-32-22-15-23-33-61/h13-52H,53H2,1-12H3/i20D,21D,22D,23D,24D,25D,26D,27D. The Morgan fingerprint density at radius 1 is 0.347 bits per heavy atom. The molecule has 0 fully saturated rings. The van der Waals surface area contributed by atoms with Crippen LogP contribution in [0.5, 0.6) is 11.5 Å². The summed E-state index contributed by atoms with van der Waals surface area (Å²) < 4.78 is 89.4. The SMILES string of the molecule is [2H]c1cc([2H])cc(N2c3ccc(C(C)(C)C)cc3B3c4cc5c(cc4N(c4cc([2H])cc([2H])c4)c4cc(C(=O)OCc6ccccc6)cc2c43)N(c2cc([2H])cc([2H])c2)c2cc3c4c6c2B5c2cc(C(C)(C)C)cc5c2N6c2c(cc(C(C)(C)C)cc2B4c2cc(C(C)(C)C)ccc2N3c2cc([2H])cc([2H])c2)O5)c1. The second-order valence-corrected chi connectivity index (χ2v) is 32.3. The van der Waals surface area contributed by atoms with E-state index in [0.29, 0.717) is 39.8 Å². The second kappa shape index (κ2) is 21.6. The summed E-state index contributed by atoms with van der Waals surface area (Å²) >= 11 is 0. The average Bonchev–Trinajstić information content (AvgIpc) is 0.656. The molecule has 0 radical (unpaired) electrons. The number of benzene rings is 12. The molecule has 0 spiro atoms. The summed E-state index contributed by atoms with van der Waals surface area (Å²) in [6.45, 7) is 25.3. The van der Waals surface area contributed by atoms with Gasteiger partial charge in [0.1, 0.15) is 6.61 Å². The predicted octanol–water partition coefficient (Wildman–Crippen LogP) is 17.1. The lowest BCUT2D eigenvalue weighted by molar-refractivity contribution is 0.0472. The second-order valence-electron chi connectivity index (χ2n) is 32.3. The number of nitrogens with zero attached hydrogens (tertiary/aromatic N) is 5. The van der Waals surface area contributed by atoms with E-state index in [2.05, 4.69) is 186 Å². The van der Waals surface area contributed by atoms with Crippen molar-refractivity contribution in [3.8, 4) is 11.5 Å². The summed E-state index contributed by atoms with van der Waals surface area (Å²) in [5, 5.41) is 0. The molecule has 7 aliphatic heterocycles. The van der Waals surface area contributed by atoms with Gasteiger partial charge in [-0.1, -0.05) is 228 Å². The van der Waals surface area contributed by atoms with Gasteiger partial charge in [-0.25, -0.2) is 4.79 Å². The molecule has 0 saturated carbocycles. The van der Waals surface area contributed by atoms with Crippen molar-refractivity contribution in [3.05, 3.63) is 276 Å². The maximum absolute atomic E-state index is 15.4. The van der Waals surface area contributed by atoms with Gasteiger partial charge in [0.2, 0.25) is 0 Å². The van der Waals surface area contributed by atoms with Gasteiger partial charge in [-0.2, -0.15) is 0 Å². The number of para-hydroxylation sites is 4. The molecule has 0 atom stereocenters. The van der Waals surface area contributed by atoms with E-state index >= 15 is 4.79 Å². The van der Waals surface area contributed by atoms with Gasteiger partial charge >= 0.3 is 5.97 Å². The Morgan fingerprint density at radius 2 is 0.703 bits per heavy atom. The van der Waals surface area contributed by atoms with Crippen LogP contribution < -0.4 is 78.4 Å². The number of rotatable bonds is 7. The molecule has 0 aliphatic carbocycles. The lowest BCUT2D eigenvalue weighted by Gasteiger charge is -2.53. The molecule has 12 aromatic carbocycles. The van der Waals surface area contributed by atoms with Gasteiger partial charge in [0.25, 0.3) is 20.1 Å². The van der Waals surface area contributed by atoms with Gasteiger partial charge in [0, 0.05) is 73.9 Å². The molecule has 12 aromatic rings. The molecule has 101 heavy (non-hydrogen) atoms. The van der Waals surface area contributed by atoms with Crippen molar-refractivity contribution in [1.29, 1.82) is 0 Å². The van der Waals surface area contributed by atoms with E-state index in [1.807, 2.05) is 66.7 Å². The smallest absolute Gasteiger partial charge is 0.338 e. The van der Waals surface area contributed by atoms with Gasteiger partial charge in [-0.3, -0.25) is 0 Å². The van der Waals surface area contributed by atoms with Crippen LogP contribution in [-0.2, 0) is 33.0 Å². The number of carbonyl (C=O) groups excluding carboxylic acids is 1. The number of ether oxygens (including phenoxy) is 2. The maximum atomic E-state index is 15.4. The zero-order valence-corrected chi connectivity index (χ0v) is 58.9. The highest BCUT2D eigenvalue weighted by molar-refractivity contribution is 7.06. The quantitative estimate of drug-likeness (QED) is 0.116. The lowest BCUT2D eigenvalue weighted by atomic mass is 9.27. The molecular formula is C90H78B3N5O3. The minimum Gasteiger partial charge on any atom is -0.457 e. The van der Waals surface area contributed by atoms with Gasteiger partial charge in [0.15, 0.2) is 11.5 Å². The number of esters is 1. The summed E-state index contributed by atoms with van der Waals surface area (Å²) in [6, 6.07) is 64.7. The van der Waals surface area contributed by atoms with Crippen LogP contribution in [-0.4, -0.2) is 26.1 Å². The number of fused-ring (bicyclic) bond motifs is 10. The monoisotopic (exact) mass is 1320 g/mol. The van der Waals surface area contributed by atoms with E-state index in [1.165, 1.54) is 12.1 Å². The molecule has 0 N–H and O–H groups in total. The third-order valence-corrected chi connectivity index (χ3v) is 21.9. The van der Waals surface area contributed by atoms with Gasteiger partial charge in [-0.05, 0) is 196 Å². The first-order valence-corrected chi connectivity index (χ1v) is 35.2. The Kier molecular flexibility index (Phi) is 11.3. The zero-order valence-electron chi connectivity index (χ0n) is 66.9. The van der Waals surface area contributed by atoms with Crippen molar-refractivity contribution in [2.24, 2.45) is 0 Å². The van der Waals surface area contributed by atoms with Crippen molar-refractivity contribution in [1.82, 2.24) is 0 Å². The molecule has 0 unspecified atom stereocenters. The minimum atomic E-state index is -0.604. The van der Waals surface area contributed by atoms with Crippen molar-refractivity contribution in [3.63, 3.8) is 0 Å². The Hall–Kier alpha value is -10.9. The molecule has 11 heteroatoms. The first-order valence-electron chi connectivity index (χ1n) is 39.2. The van der Waals surface area contributed by atoms with Gasteiger partial charge in [0.05, 0.1) is 27.9 Å². The third-order valence-electron chi connectivity index (χ3n) is 21.9. The predicted molar refractivity (Wildman–Crippen MR) is 424 cm³/mol. The molecule has 0 bridgehead atoms.